The van der Waals surface area contributed by atoms with Gasteiger partial charge in [-0.2, -0.15) is 11.3 Å². The number of hydrogen-bond acceptors (Lipinski definition) is 2. The number of thiophene rings is 1. The van der Waals surface area contributed by atoms with Crippen molar-refractivity contribution < 1.29 is 5.11 Å². The Morgan fingerprint density at radius 2 is 1.87 bits per heavy atom. The zero-order valence-corrected chi connectivity index (χ0v) is 9.98. The van der Waals surface area contributed by atoms with Crippen molar-refractivity contribution in [1.29, 1.82) is 0 Å². The highest BCUT2D eigenvalue weighted by molar-refractivity contribution is 7.07. The number of benzene rings is 1. The quantitative estimate of drug-likeness (QED) is 0.859. The maximum atomic E-state index is 10.0. The first-order chi connectivity index (χ1) is 7.18. The third-order valence-electron chi connectivity index (χ3n) is 2.12. The molecule has 1 N–H and O–H groups in total. The molecular formula is C11H8Cl2OS. The van der Waals surface area contributed by atoms with Crippen LogP contribution in [0.2, 0.25) is 10.0 Å². The number of halogens is 2. The van der Waals surface area contributed by atoms with Crippen LogP contribution in [0.5, 0.6) is 0 Å². The van der Waals surface area contributed by atoms with Gasteiger partial charge in [0.1, 0.15) is 6.10 Å². The molecule has 0 spiro atoms. The normalized spacial score (nSPS) is 12.7. The van der Waals surface area contributed by atoms with E-state index in [9.17, 15) is 5.11 Å². The van der Waals surface area contributed by atoms with Crippen LogP contribution in [0.3, 0.4) is 0 Å². The van der Waals surface area contributed by atoms with Crippen molar-refractivity contribution in [3.05, 3.63) is 56.2 Å². The summed E-state index contributed by atoms with van der Waals surface area (Å²) >= 11 is 13.2. The molecule has 15 heavy (non-hydrogen) atoms. The maximum Gasteiger partial charge on any atom is 0.105 e. The maximum absolute atomic E-state index is 10.0. The molecule has 0 aliphatic rings. The van der Waals surface area contributed by atoms with Crippen LogP contribution < -0.4 is 0 Å². The highest BCUT2D eigenvalue weighted by Gasteiger charge is 2.11. The van der Waals surface area contributed by atoms with Gasteiger partial charge in [0.2, 0.25) is 0 Å². The molecule has 2 aromatic rings. The third-order valence-corrected chi connectivity index (χ3v) is 3.56. The highest BCUT2D eigenvalue weighted by atomic mass is 35.5. The molecule has 0 unspecified atom stereocenters. The molecule has 78 valence electrons. The molecule has 1 atom stereocenters. The van der Waals surface area contributed by atoms with E-state index in [0.29, 0.717) is 10.0 Å². The molecular weight excluding hydrogens is 251 g/mol. The van der Waals surface area contributed by atoms with Crippen molar-refractivity contribution in [2.24, 2.45) is 0 Å². The van der Waals surface area contributed by atoms with E-state index in [4.69, 9.17) is 23.2 Å². The van der Waals surface area contributed by atoms with E-state index < -0.39 is 6.10 Å². The Kier molecular flexibility index (Phi) is 3.32. The standard InChI is InChI=1S/C11H8Cl2OS/c12-9-2-1-7(5-10(9)13)11(14)8-3-4-15-6-8/h1-6,11,14H/t11-/m0/s1. The van der Waals surface area contributed by atoms with Gasteiger partial charge in [-0.1, -0.05) is 29.3 Å². The molecule has 0 aliphatic carbocycles. The summed E-state index contributed by atoms with van der Waals surface area (Å²) in [6.45, 7) is 0. The van der Waals surface area contributed by atoms with Crippen LogP contribution in [0, 0.1) is 0 Å². The average molecular weight is 259 g/mol. The minimum atomic E-state index is -0.633. The molecule has 2 rings (SSSR count). The summed E-state index contributed by atoms with van der Waals surface area (Å²) < 4.78 is 0. The van der Waals surface area contributed by atoms with Crippen LogP contribution in [0.1, 0.15) is 17.2 Å². The van der Waals surface area contributed by atoms with Gasteiger partial charge in [-0.05, 0) is 40.1 Å². The fourth-order valence-electron chi connectivity index (χ4n) is 1.31. The van der Waals surface area contributed by atoms with Crippen LogP contribution in [0.4, 0.5) is 0 Å². The average Bonchev–Trinajstić information content (AvgIpc) is 2.74. The molecule has 0 saturated heterocycles. The summed E-state index contributed by atoms with van der Waals surface area (Å²) in [4.78, 5) is 0. The lowest BCUT2D eigenvalue weighted by atomic mass is 10.0. The van der Waals surface area contributed by atoms with Gasteiger partial charge in [-0.3, -0.25) is 0 Å². The Morgan fingerprint density at radius 1 is 1.07 bits per heavy atom. The summed E-state index contributed by atoms with van der Waals surface area (Å²) in [5.74, 6) is 0. The van der Waals surface area contributed by atoms with Crippen LogP contribution >= 0.6 is 34.5 Å². The van der Waals surface area contributed by atoms with Crippen LogP contribution in [-0.4, -0.2) is 5.11 Å². The van der Waals surface area contributed by atoms with Crippen LogP contribution in [-0.2, 0) is 0 Å². The summed E-state index contributed by atoms with van der Waals surface area (Å²) in [5, 5.41) is 14.8. The van der Waals surface area contributed by atoms with Crippen molar-refractivity contribution >= 4 is 34.5 Å². The Labute approximate surface area is 102 Å². The molecule has 4 heteroatoms. The van der Waals surface area contributed by atoms with Crippen molar-refractivity contribution in [3.63, 3.8) is 0 Å². The molecule has 1 heterocycles. The van der Waals surface area contributed by atoms with Crippen molar-refractivity contribution in [2.75, 3.05) is 0 Å². The fourth-order valence-corrected chi connectivity index (χ4v) is 2.29. The van der Waals surface area contributed by atoms with Gasteiger partial charge in [-0.25, -0.2) is 0 Å². The molecule has 0 amide bonds. The summed E-state index contributed by atoms with van der Waals surface area (Å²) in [7, 11) is 0. The molecule has 0 fully saturated rings. The molecule has 0 saturated carbocycles. The predicted molar refractivity (Wildman–Crippen MR) is 64.8 cm³/mol. The minimum absolute atomic E-state index is 0.462. The van der Waals surface area contributed by atoms with Gasteiger partial charge in [-0.15, -0.1) is 0 Å². The highest BCUT2D eigenvalue weighted by Crippen LogP contribution is 2.29. The van der Waals surface area contributed by atoms with Crippen LogP contribution in [0.25, 0.3) is 0 Å². The molecule has 1 aromatic heterocycles. The van der Waals surface area contributed by atoms with E-state index in [0.717, 1.165) is 11.1 Å². The van der Waals surface area contributed by atoms with Crippen molar-refractivity contribution in [2.45, 2.75) is 6.10 Å². The van der Waals surface area contributed by atoms with Gasteiger partial charge >= 0.3 is 0 Å². The summed E-state index contributed by atoms with van der Waals surface area (Å²) in [5.41, 5.74) is 1.63. The van der Waals surface area contributed by atoms with E-state index in [-0.39, 0.29) is 0 Å². The lowest BCUT2D eigenvalue weighted by Crippen LogP contribution is -1.97. The lowest BCUT2D eigenvalue weighted by molar-refractivity contribution is 0.221. The van der Waals surface area contributed by atoms with Gasteiger partial charge < -0.3 is 5.11 Å². The first kappa shape index (κ1) is 11.0. The lowest BCUT2D eigenvalue weighted by Gasteiger charge is -2.09. The molecule has 1 nitrogen and oxygen atoms in total. The zero-order valence-electron chi connectivity index (χ0n) is 7.65. The minimum Gasteiger partial charge on any atom is -0.384 e. The third kappa shape index (κ3) is 2.34. The van der Waals surface area contributed by atoms with E-state index >= 15 is 0 Å². The van der Waals surface area contributed by atoms with E-state index in [1.54, 1.807) is 29.5 Å². The molecule has 1 aromatic carbocycles. The Hall–Kier alpha value is -0.540. The second-order valence-corrected chi connectivity index (χ2v) is 4.73. The second kappa shape index (κ2) is 4.54. The Bertz CT molecular complexity index is 454. The zero-order chi connectivity index (χ0) is 10.8. The van der Waals surface area contributed by atoms with E-state index in [1.807, 2.05) is 16.8 Å². The van der Waals surface area contributed by atoms with Gasteiger partial charge in [0, 0.05) is 0 Å². The van der Waals surface area contributed by atoms with Gasteiger partial charge in [0.15, 0.2) is 0 Å². The Balaban J connectivity index is 2.34. The van der Waals surface area contributed by atoms with Crippen LogP contribution in [0.15, 0.2) is 35.0 Å². The van der Waals surface area contributed by atoms with Crippen molar-refractivity contribution in [1.82, 2.24) is 0 Å². The van der Waals surface area contributed by atoms with E-state index in [1.165, 1.54) is 0 Å². The largest absolute Gasteiger partial charge is 0.384 e. The number of hydrogen-bond donors (Lipinski definition) is 1. The van der Waals surface area contributed by atoms with Crippen molar-refractivity contribution in [3.8, 4) is 0 Å². The smallest absolute Gasteiger partial charge is 0.105 e. The predicted octanol–water partition coefficient (Wildman–Crippen LogP) is 4.14. The SMILES string of the molecule is O[C@H](c1ccsc1)c1ccc(Cl)c(Cl)c1. The molecule has 0 radical (unpaired) electrons. The number of aliphatic hydroxyl groups is 1. The number of rotatable bonds is 2. The Morgan fingerprint density at radius 3 is 2.47 bits per heavy atom. The monoisotopic (exact) mass is 258 g/mol. The van der Waals surface area contributed by atoms with Gasteiger partial charge in [0.05, 0.1) is 10.0 Å². The topological polar surface area (TPSA) is 20.2 Å². The summed E-state index contributed by atoms with van der Waals surface area (Å²) in [6.07, 6.45) is -0.633. The fraction of sp³-hybridized carbons (Fsp3) is 0.0909. The molecule has 0 bridgehead atoms. The van der Waals surface area contributed by atoms with E-state index in [2.05, 4.69) is 0 Å². The number of aliphatic hydroxyl groups excluding tert-OH is 1. The second-order valence-electron chi connectivity index (χ2n) is 3.13. The summed E-state index contributed by atoms with van der Waals surface area (Å²) in [6, 6.07) is 7.04. The van der Waals surface area contributed by atoms with Gasteiger partial charge in [0.25, 0.3) is 0 Å². The first-order valence-electron chi connectivity index (χ1n) is 4.33. The molecule has 0 aliphatic heterocycles. The first-order valence-corrected chi connectivity index (χ1v) is 6.03.